The Labute approximate surface area is 194 Å². The molecule has 0 bridgehead atoms. The van der Waals surface area contributed by atoms with Gasteiger partial charge in [-0.15, -0.1) is 0 Å². The van der Waals surface area contributed by atoms with E-state index in [1.807, 2.05) is 63.8 Å². The summed E-state index contributed by atoms with van der Waals surface area (Å²) in [7, 11) is 0. The first kappa shape index (κ1) is 21.3. The van der Waals surface area contributed by atoms with Crippen LogP contribution in [0.25, 0.3) is 33.7 Å². The lowest BCUT2D eigenvalue weighted by molar-refractivity contribution is 0.561. The van der Waals surface area contributed by atoms with Crippen molar-refractivity contribution < 1.29 is 8.76 Å². The SMILES string of the molecule is Cc1cc(C)c(-c2ccnn2-c2cccc3c2nc(CS(=O)O)n3-c2ccccc2)c(C)c1. The van der Waals surface area contributed by atoms with Crippen molar-refractivity contribution in [1.29, 1.82) is 0 Å². The Bertz CT molecular complexity index is 1480. The van der Waals surface area contributed by atoms with Gasteiger partial charge in [0.1, 0.15) is 17.1 Å². The van der Waals surface area contributed by atoms with Crippen LogP contribution in [0.3, 0.4) is 0 Å². The number of fused-ring (bicyclic) bond motifs is 1. The van der Waals surface area contributed by atoms with Gasteiger partial charge in [0.2, 0.25) is 0 Å². The molecule has 3 aromatic carbocycles. The second-order valence-electron chi connectivity index (χ2n) is 8.21. The minimum Gasteiger partial charge on any atom is -0.306 e. The molecule has 1 atom stereocenters. The van der Waals surface area contributed by atoms with Crippen molar-refractivity contribution in [2.75, 3.05) is 0 Å². The Morgan fingerprint density at radius 1 is 0.939 bits per heavy atom. The van der Waals surface area contributed by atoms with Crippen LogP contribution < -0.4 is 0 Å². The smallest absolute Gasteiger partial charge is 0.160 e. The highest BCUT2D eigenvalue weighted by Gasteiger charge is 2.20. The maximum atomic E-state index is 11.7. The molecule has 2 heterocycles. The summed E-state index contributed by atoms with van der Waals surface area (Å²) in [5, 5.41) is 4.65. The molecule has 0 aliphatic carbocycles. The molecule has 1 unspecified atom stereocenters. The van der Waals surface area contributed by atoms with E-state index in [0.717, 1.165) is 33.7 Å². The average molecular weight is 457 g/mol. The van der Waals surface area contributed by atoms with E-state index in [0.29, 0.717) is 5.82 Å². The maximum Gasteiger partial charge on any atom is 0.160 e. The van der Waals surface area contributed by atoms with Crippen molar-refractivity contribution in [3.63, 3.8) is 0 Å². The fourth-order valence-electron chi connectivity index (χ4n) is 4.64. The van der Waals surface area contributed by atoms with E-state index in [1.165, 1.54) is 16.7 Å². The van der Waals surface area contributed by atoms with Crippen LogP contribution >= 0.6 is 0 Å². The summed E-state index contributed by atoms with van der Waals surface area (Å²) in [5.74, 6) is 0.464. The molecule has 7 heteroatoms. The number of benzene rings is 3. The first-order chi connectivity index (χ1) is 15.9. The first-order valence-electron chi connectivity index (χ1n) is 10.7. The maximum absolute atomic E-state index is 11.7. The summed E-state index contributed by atoms with van der Waals surface area (Å²) in [6, 6.07) is 22.1. The van der Waals surface area contributed by atoms with Crippen molar-refractivity contribution >= 4 is 22.1 Å². The lowest BCUT2D eigenvalue weighted by Gasteiger charge is -2.14. The number of imidazole rings is 1. The summed E-state index contributed by atoms with van der Waals surface area (Å²) in [6.45, 7) is 6.34. The van der Waals surface area contributed by atoms with Crippen LogP contribution in [0.4, 0.5) is 0 Å². The van der Waals surface area contributed by atoms with Crippen molar-refractivity contribution in [2.24, 2.45) is 0 Å². The topological polar surface area (TPSA) is 72.9 Å². The molecule has 33 heavy (non-hydrogen) atoms. The third-order valence-corrected chi connectivity index (χ3v) is 6.31. The van der Waals surface area contributed by atoms with Crippen molar-refractivity contribution in [1.82, 2.24) is 19.3 Å². The molecular weight excluding hydrogens is 432 g/mol. The Balaban J connectivity index is 1.77. The molecule has 6 nitrogen and oxygen atoms in total. The van der Waals surface area contributed by atoms with Crippen LogP contribution in [0.1, 0.15) is 22.5 Å². The Morgan fingerprint density at radius 3 is 2.36 bits per heavy atom. The molecule has 1 N–H and O–H groups in total. The minimum atomic E-state index is -2.02. The fraction of sp³-hybridized carbons (Fsp3) is 0.154. The van der Waals surface area contributed by atoms with E-state index in [-0.39, 0.29) is 5.75 Å². The summed E-state index contributed by atoms with van der Waals surface area (Å²) >= 11 is -2.02. The average Bonchev–Trinajstić information content (AvgIpc) is 3.37. The van der Waals surface area contributed by atoms with Gasteiger partial charge in [0.25, 0.3) is 0 Å². The zero-order chi connectivity index (χ0) is 23.1. The van der Waals surface area contributed by atoms with Gasteiger partial charge in [-0.2, -0.15) is 5.10 Å². The van der Waals surface area contributed by atoms with Gasteiger partial charge < -0.3 is 4.55 Å². The van der Waals surface area contributed by atoms with Crippen molar-refractivity contribution in [3.05, 3.63) is 95.4 Å². The third-order valence-electron chi connectivity index (χ3n) is 5.80. The molecule has 0 saturated carbocycles. The lowest BCUT2D eigenvalue weighted by atomic mass is 9.97. The largest absolute Gasteiger partial charge is 0.306 e. The van der Waals surface area contributed by atoms with Crippen molar-refractivity contribution in [2.45, 2.75) is 26.5 Å². The first-order valence-corrected chi connectivity index (χ1v) is 12.0. The van der Waals surface area contributed by atoms with Crippen LogP contribution in [-0.2, 0) is 16.8 Å². The van der Waals surface area contributed by atoms with E-state index in [4.69, 9.17) is 4.98 Å². The molecule has 0 spiro atoms. The van der Waals surface area contributed by atoms with Gasteiger partial charge in [0, 0.05) is 11.3 Å². The van der Waals surface area contributed by atoms with Gasteiger partial charge in [-0.3, -0.25) is 4.57 Å². The zero-order valence-electron chi connectivity index (χ0n) is 18.7. The second-order valence-corrected chi connectivity index (χ2v) is 9.14. The van der Waals surface area contributed by atoms with E-state index in [2.05, 4.69) is 38.0 Å². The van der Waals surface area contributed by atoms with Gasteiger partial charge in [-0.05, 0) is 62.2 Å². The number of para-hydroxylation sites is 2. The van der Waals surface area contributed by atoms with Crippen LogP contribution in [0.5, 0.6) is 0 Å². The van der Waals surface area contributed by atoms with Crippen LogP contribution in [0.2, 0.25) is 0 Å². The predicted octanol–water partition coefficient (Wildman–Crippen LogP) is 5.53. The summed E-state index contributed by atoms with van der Waals surface area (Å²) in [6.07, 6.45) is 1.80. The Hall–Kier alpha value is -3.55. The number of hydrogen-bond acceptors (Lipinski definition) is 3. The Kier molecular flexibility index (Phi) is 5.44. The molecule has 0 amide bonds. The molecule has 166 valence electrons. The molecule has 0 radical (unpaired) electrons. The van der Waals surface area contributed by atoms with Crippen LogP contribution in [-0.4, -0.2) is 28.1 Å². The summed E-state index contributed by atoms with van der Waals surface area (Å²) in [5.41, 5.74) is 9.04. The Morgan fingerprint density at radius 2 is 1.67 bits per heavy atom. The molecule has 5 aromatic rings. The van der Waals surface area contributed by atoms with Gasteiger partial charge in [-0.1, -0.05) is 42.0 Å². The number of hydrogen-bond donors (Lipinski definition) is 1. The van der Waals surface area contributed by atoms with Gasteiger partial charge in [0.15, 0.2) is 11.1 Å². The molecule has 0 aliphatic heterocycles. The van der Waals surface area contributed by atoms with Gasteiger partial charge >= 0.3 is 0 Å². The van der Waals surface area contributed by atoms with E-state index in [9.17, 15) is 8.76 Å². The number of rotatable bonds is 5. The van der Waals surface area contributed by atoms with Crippen LogP contribution in [0, 0.1) is 20.8 Å². The van der Waals surface area contributed by atoms with Crippen LogP contribution in [0.15, 0.2) is 72.9 Å². The predicted molar refractivity (Wildman–Crippen MR) is 132 cm³/mol. The van der Waals surface area contributed by atoms with Gasteiger partial charge in [-0.25, -0.2) is 13.9 Å². The second kappa shape index (κ2) is 8.42. The third kappa shape index (κ3) is 3.79. The molecule has 0 saturated heterocycles. The van der Waals surface area contributed by atoms with E-state index < -0.39 is 11.1 Å². The summed E-state index contributed by atoms with van der Waals surface area (Å²) in [4.78, 5) is 4.83. The zero-order valence-corrected chi connectivity index (χ0v) is 19.5. The normalized spacial score (nSPS) is 12.4. The van der Waals surface area contributed by atoms with E-state index in [1.54, 1.807) is 6.20 Å². The standard InChI is InChI=1S/C26H24N4O2S/c1-17-14-18(2)25(19(3)15-17)21-12-13-27-30(21)23-11-7-10-22-26(23)28-24(16-33(31)32)29(22)20-8-5-4-6-9-20/h4-15H,16H2,1-3H3,(H,31,32). The van der Waals surface area contributed by atoms with Gasteiger partial charge in [0.05, 0.1) is 23.1 Å². The minimum absolute atomic E-state index is 0.0643. The number of aryl methyl sites for hydroxylation is 3. The highest BCUT2D eigenvalue weighted by molar-refractivity contribution is 7.78. The monoisotopic (exact) mass is 456 g/mol. The highest BCUT2D eigenvalue weighted by Crippen LogP contribution is 2.33. The quantitative estimate of drug-likeness (QED) is 0.353. The molecule has 0 aliphatic rings. The number of aromatic nitrogens is 4. The lowest BCUT2D eigenvalue weighted by Crippen LogP contribution is -2.04. The van der Waals surface area contributed by atoms with E-state index >= 15 is 0 Å². The highest BCUT2D eigenvalue weighted by atomic mass is 32.2. The molecule has 0 fully saturated rings. The fourth-order valence-corrected chi connectivity index (χ4v) is 5.06. The van der Waals surface area contributed by atoms with Crippen molar-refractivity contribution in [3.8, 4) is 22.6 Å². The molecule has 2 aromatic heterocycles. The summed E-state index contributed by atoms with van der Waals surface area (Å²) < 4.78 is 25.2. The molecular formula is C26H24N4O2S. The molecule has 5 rings (SSSR count). The number of nitrogens with zero attached hydrogens (tertiary/aromatic N) is 4.